The van der Waals surface area contributed by atoms with E-state index in [4.69, 9.17) is 4.74 Å². The molecule has 0 saturated heterocycles. The molecule has 1 amide bonds. The van der Waals surface area contributed by atoms with Crippen LogP contribution in [-0.4, -0.2) is 53.1 Å². The minimum atomic E-state index is -2.71. The lowest BCUT2D eigenvalue weighted by atomic mass is 9.95. The number of aryl methyl sites for hydroxylation is 1. The van der Waals surface area contributed by atoms with Crippen LogP contribution in [0.25, 0.3) is 10.4 Å². The molecule has 3 heterocycles. The largest absolute Gasteiger partial charge is 0.481 e. The van der Waals surface area contributed by atoms with Gasteiger partial charge in [0.25, 0.3) is 12.3 Å². The number of hydrogen-bond acceptors (Lipinski definition) is 6. The molecule has 0 atom stereocenters. The van der Waals surface area contributed by atoms with Gasteiger partial charge in [-0.05, 0) is 37.1 Å². The SMILES string of the molecule is COc1ccc(-c2sc(C)nc2C(=O)N(CCC2=CN=C3CC=C(F)C=C23)CC(F)F)cn1. The molecular weight excluding hydrogens is 453 g/mol. The van der Waals surface area contributed by atoms with Gasteiger partial charge in [0.2, 0.25) is 5.88 Å². The second-order valence-electron chi connectivity index (χ2n) is 7.47. The van der Waals surface area contributed by atoms with Crippen LogP contribution in [0.15, 0.2) is 58.6 Å². The van der Waals surface area contributed by atoms with Crippen molar-refractivity contribution in [2.24, 2.45) is 4.99 Å². The van der Waals surface area contributed by atoms with Crippen molar-refractivity contribution < 1.29 is 22.7 Å². The Morgan fingerprint density at radius 3 is 2.85 bits per heavy atom. The molecule has 172 valence electrons. The predicted octanol–water partition coefficient (Wildman–Crippen LogP) is 5.14. The van der Waals surface area contributed by atoms with Crippen molar-refractivity contribution in [1.82, 2.24) is 14.9 Å². The van der Waals surface area contributed by atoms with E-state index in [0.717, 1.165) is 10.6 Å². The highest BCUT2D eigenvalue weighted by Gasteiger charge is 2.27. The smallest absolute Gasteiger partial charge is 0.274 e. The third-order valence-electron chi connectivity index (χ3n) is 5.25. The Morgan fingerprint density at radius 2 is 2.15 bits per heavy atom. The number of aromatic nitrogens is 2. The van der Waals surface area contributed by atoms with Crippen LogP contribution in [-0.2, 0) is 0 Å². The molecule has 2 aliphatic rings. The molecule has 4 rings (SSSR count). The molecule has 0 radical (unpaired) electrons. The van der Waals surface area contributed by atoms with E-state index in [9.17, 15) is 18.0 Å². The molecule has 33 heavy (non-hydrogen) atoms. The van der Waals surface area contributed by atoms with Gasteiger partial charge in [-0.3, -0.25) is 9.79 Å². The van der Waals surface area contributed by atoms with Crippen molar-refractivity contribution in [3.63, 3.8) is 0 Å². The fourth-order valence-corrected chi connectivity index (χ4v) is 4.56. The summed E-state index contributed by atoms with van der Waals surface area (Å²) < 4.78 is 45.5. The zero-order chi connectivity index (χ0) is 23.5. The maximum Gasteiger partial charge on any atom is 0.274 e. The Bertz CT molecular complexity index is 1180. The average molecular weight is 475 g/mol. The molecule has 0 fully saturated rings. The number of thiazole rings is 1. The van der Waals surface area contributed by atoms with Gasteiger partial charge in [-0.25, -0.2) is 23.1 Å². The van der Waals surface area contributed by atoms with E-state index in [2.05, 4.69) is 15.0 Å². The number of halogens is 3. The molecule has 1 aliphatic heterocycles. The van der Waals surface area contributed by atoms with Gasteiger partial charge in [-0.15, -0.1) is 11.3 Å². The number of allylic oxidation sites excluding steroid dienone is 4. The number of pyridine rings is 1. The number of rotatable bonds is 8. The van der Waals surface area contributed by atoms with Crippen LogP contribution in [0.1, 0.15) is 28.3 Å². The summed E-state index contributed by atoms with van der Waals surface area (Å²) in [5.41, 5.74) is 2.87. The van der Waals surface area contributed by atoms with Crippen LogP contribution in [0.2, 0.25) is 0 Å². The second kappa shape index (κ2) is 9.70. The number of carbonyl (C=O) groups is 1. The number of fused-ring (bicyclic) bond motifs is 1. The fourth-order valence-electron chi connectivity index (χ4n) is 3.66. The Labute approximate surface area is 192 Å². The molecule has 0 bridgehead atoms. The number of alkyl halides is 2. The lowest BCUT2D eigenvalue weighted by Gasteiger charge is -2.23. The lowest BCUT2D eigenvalue weighted by molar-refractivity contribution is 0.0554. The molecule has 2 aromatic heterocycles. The van der Waals surface area contributed by atoms with Crippen LogP contribution in [0.5, 0.6) is 5.88 Å². The Balaban J connectivity index is 1.56. The highest BCUT2D eigenvalue weighted by atomic mass is 32.1. The summed E-state index contributed by atoms with van der Waals surface area (Å²) in [6.07, 6.45) is 3.94. The van der Waals surface area contributed by atoms with Crippen LogP contribution >= 0.6 is 11.3 Å². The Morgan fingerprint density at radius 1 is 1.33 bits per heavy atom. The lowest BCUT2D eigenvalue weighted by Crippen LogP contribution is -2.36. The van der Waals surface area contributed by atoms with Gasteiger partial charge in [0, 0.05) is 42.6 Å². The summed E-state index contributed by atoms with van der Waals surface area (Å²) in [4.78, 5) is 27.7. The average Bonchev–Trinajstić information content (AvgIpc) is 3.39. The number of amides is 1. The first-order valence-electron chi connectivity index (χ1n) is 10.2. The van der Waals surface area contributed by atoms with Gasteiger partial charge in [0.1, 0.15) is 11.5 Å². The fraction of sp³-hybridized carbons (Fsp3) is 0.304. The highest BCUT2D eigenvalue weighted by molar-refractivity contribution is 7.15. The monoisotopic (exact) mass is 474 g/mol. The number of aliphatic imine (C=N–C) groups is 1. The topological polar surface area (TPSA) is 67.7 Å². The molecule has 0 N–H and O–H groups in total. The number of carbonyl (C=O) groups excluding carboxylic acids is 1. The van der Waals surface area contributed by atoms with Gasteiger partial charge in [0.15, 0.2) is 0 Å². The van der Waals surface area contributed by atoms with Crippen molar-refractivity contribution in [3.05, 3.63) is 64.4 Å². The molecule has 2 aromatic rings. The maximum absolute atomic E-state index is 13.7. The molecule has 1 aliphatic carbocycles. The summed E-state index contributed by atoms with van der Waals surface area (Å²) in [5, 5.41) is 0.632. The normalized spacial score (nSPS) is 15.0. The van der Waals surface area contributed by atoms with E-state index in [1.54, 1.807) is 31.5 Å². The van der Waals surface area contributed by atoms with Crippen molar-refractivity contribution in [3.8, 4) is 16.3 Å². The predicted molar refractivity (Wildman–Crippen MR) is 121 cm³/mol. The number of nitrogens with zero attached hydrogens (tertiary/aromatic N) is 4. The highest BCUT2D eigenvalue weighted by Crippen LogP contribution is 2.33. The molecule has 0 unspecified atom stereocenters. The summed E-state index contributed by atoms with van der Waals surface area (Å²) in [6, 6.07) is 3.40. The summed E-state index contributed by atoms with van der Waals surface area (Å²) in [6.45, 7) is 1.04. The zero-order valence-corrected chi connectivity index (χ0v) is 18.8. The Kier molecular flexibility index (Phi) is 6.73. The van der Waals surface area contributed by atoms with E-state index in [0.29, 0.717) is 38.9 Å². The number of ether oxygens (including phenoxy) is 1. The molecular formula is C23H21F3N4O2S. The third-order valence-corrected chi connectivity index (χ3v) is 6.27. The third kappa shape index (κ3) is 5.05. The van der Waals surface area contributed by atoms with Crippen LogP contribution in [0, 0.1) is 6.92 Å². The number of methoxy groups -OCH3 is 1. The van der Waals surface area contributed by atoms with Gasteiger partial charge in [-0.2, -0.15) is 0 Å². The standard InChI is InChI=1S/C23H21F3N4O2S/c1-13-29-21(22(33-13)15-3-6-20(32-2)28-11-15)23(31)30(12-19(25)26)8-7-14-10-27-18-5-4-16(24)9-17(14)18/h3-4,6,9-11,19H,5,7-8,12H2,1-2H3. The molecule has 0 aromatic carbocycles. The quantitative estimate of drug-likeness (QED) is 0.531. The van der Waals surface area contributed by atoms with Gasteiger partial charge >= 0.3 is 0 Å². The van der Waals surface area contributed by atoms with Gasteiger partial charge in [0.05, 0.1) is 29.3 Å². The van der Waals surface area contributed by atoms with Crippen molar-refractivity contribution >= 4 is 23.0 Å². The van der Waals surface area contributed by atoms with E-state index in [1.807, 2.05) is 0 Å². The van der Waals surface area contributed by atoms with Crippen molar-refractivity contribution in [2.75, 3.05) is 20.2 Å². The zero-order valence-electron chi connectivity index (χ0n) is 18.0. The molecule has 0 saturated carbocycles. The van der Waals surface area contributed by atoms with E-state index in [-0.39, 0.29) is 24.5 Å². The van der Waals surface area contributed by atoms with Crippen LogP contribution < -0.4 is 4.74 Å². The summed E-state index contributed by atoms with van der Waals surface area (Å²) >= 11 is 1.29. The molecule has 10 heteroatoms. The second-order valence-corrected chi connectivity index (χ2v) is 8.68. The first-order valence-corrected chi connectivity index (χ1v) is 11.1. The Hall–Kier alpha value is -3.27. The summed E-state index contributed by atoms with van der Waals surface area (Å²) in [7, 11) is 1.50. The summed E-state index contributed by atoms with van der Waals surface area (Å²) in [5.74, 6) is -0.524. The van der Waals surface area contributed by atoms with E-state index < -0.39 is 18.9 Å². The maximum atomic E-state index is 13.7. The molecule has 6 nitrogen and oxygen atoms in total. The van der Waals surface area contributed by atoms with Gasteiger partial charge in [-0.1, -0.05) is 0 Å². The first kappa shape index (κ1) is 22.9. The number of hydrogen-bond donors (Lipinski definition) is 0. The van der Waals surface area contributed by atoms with Crippen molar-refractivity contribution in [2.45, 2.75) is 26.2 Å². The minimum absolute atomic E-state index is 0.0252. The van der Waals surface area contributed by atoms with Crippen molar-refractivity contribution in [1.29, 1.82) is 0 Å². The van der Waals surface area contributed by atoms with Crippen LogP contribution in [0.4, 0.5) is 13.2 Å². The molecule has 0 spiro atoms. The first-order chi connectivity index (χ1) is 15.9. The van der Waals surface area contributed by atoms with Gasteiger partial charge < -0.3 is 9.64 Å². The minimum Gasteiger partial charge on any atom is -0.481 e. The van der Waals surface area contributed by atoms with E-state index >= 15 is 0 Å². The van der Waals surface area contributed by atoms with Crippen LogP contribution in [0.3, 0.4) is 0 Å². The van der Waals surface area contributed by atoms with E-state index in [1.165, 1.54) is 30.6 Å².